The number of nitrogens with zero attached hydrogens (tertiary/aromatic N) is 1. The van der Waals surface area contributed by atoms with Gasteiger partial charge in [0.25, 0.3) is 0 Å². The molecule has 30 heavy (non-hydrogen) atoms. The number of hydrogen-bond donors (Lipinski definition) is 0. The van der Waals surface area contributed by atoms with Crippen molar-refractivity contribution in [1.29, 1.82) is 0 Å². The van der Waals surface area contributed by atoms with Crippen molar-refractivity contribution in [3.8, 4) is 11.1 Å². The molecule has 3 aromatic carbocycles. The van der Waals surface area contributed by atoms with E-state index < -0.39 is 10.0 Å². The predicted octanol–water partition coefficient (Wildman–Crippen LogP) is 5.03. The maximum absolute atomic E-state index is 12.6. The molecule has 0 amide bonds. The van der Waals surface area contributed by atoms with Crippen molar-refractivity contribution in [2.75, 3.05) is 13.1 Å². The van der Waals surface area contributed by atoms with Crippen LogP contribution in [0.15, 0.2) is 89.8 Å². The van der Waals surface area contributed by atoms with Crippen LogP contribution in [0, 0.1) is 0 Å². The van der Waals surface area contributed by atoms with Gasteiger partial charge >= 0.3 is 0 Å². The lowest BCUT2D eigenvalue weighted by Crippen LogP contribution is -2.27. The van der Waals surface area contributed by atoms with Gasteiger partial charge in [0.15, 0.2) is 5.78 Å². The molecule has 4 rings (SSSR count). The van der Waals surface area contributed by atoms with Crippen LogP contribution >= 0.6 is 0 Å². The maximum atomic E-state index is 12.6. The first-order valence-corrected chi connectivity index (χ1v) is 11.5. The van der Waals surface area contributed by atoms with Crippen molar-refractivity contribution in [1.82, 2.24) is 4.31 Å². The average Bonchev–Trinajstić information content (AvgIpc) is 3.34. The molecule has 0 radical (unpaired) electrons. The zero-order valence-electron chi connectivity index (χ0n) is 16.6. The minimum absolute atomic E-state index is 0.160. The highest BCUT2D eigenvalue weighted by molar-refractivity contribution is 7.89. The third-order valence-corrected chi connectivity index (χ3v) is 7.20. The highest BCUT2D eigenvalue weighted by Crippen LogP contribution is 2.22. The van der Waals surface area contributed by atoms with E-state index in [1.165, 1.54) is 22.5 Å². The zero-order valence-corrected chi connectivity index (χ0v) is 17.4. The van der Waals surface area contributed by atoms with Crippen LogP contribution in [-0.4, -0.2) is 31.6 Å². The van der Waals surface area contributed by atoms with Crippen LogP contribution in [0.5, 0.6) is 0 Å². The summed E-state index contributed by atoms with van der Waals surface area (Å²) in [6.07, 6.45) is 5.08. The van der Waals surface area contributed by atoms with Crippen molar-refractivity contribution in [2.45, 2.75) is 17.7 Å². The van der Waals surface area contributed by atoms with Crippen LogP contribution in [0.2, 0.25) is 0 Å². The lowest BCUT2D eigenvalue weighted by Gasteiger charge is -2.15. The summed E-state index contributed by atoms with van der Waals surface area (Å²) >= 11 is 0. The van der Waals surface area contributed by atoms with Crippen LogP contribution < -0.4 is 0 Å². The smallest absolute Gasteiger partial charge is 0.243 e. The molecule has 152 valence electrons. The summed E-state index contributed by atoms with van der Waals surface area (Å²) < 4.78 is 26.7. The minimum atomic E-state index is -3.46. The van der Waals surface area contributed by atoms with Gasteiger partial charge in [-0.25, -0.2) is 8.42 Å². The molecule has 5 heteroatoms. The lowest BCUT2D eigenvalue weighted by molar-refractivity contribution is 0.104. The number of allylic oxidation sites excluding steroid dienone is 1. The van der Waals surface area contributed by atoms with Gasteiger partial charge in [0, 0.05) is 18.7 Å². The molecule has 0 aliphatic carbocycles. The Morgan fingerprint density at radius 2 is 1.37 bits per heavy atom. The van der Waals surface area contributed by atoms with Crippen molar-refractivity contribution < 1.29 is 13.2 Å². The SMILES string of the molecule is O=C(C=Cc1ccc(-c2ccccc2)cc1)c1ccc(S(=O)(=O)N2CCCC2)cc1. The standard InChI is InChI=1S/C25H23NO3S/c27-25(17-10-20-8-11-22(12-9-20)21-6-2-1-3-7-21)23-13-15-24(16-14-23)30(28,29)26-18-4-5-19-26/h1-3,6-17H,4-5,18-19H2. The second-order valence-corrected chi connectivity index (χ2v) is 9.26. The molecule has 0 saturated carbocycles. The second kappa shape index (κ2) is 8.78. The monoisotopic (exact) mass is 417 g/mol. The number of sulfonamides is 1. The van der Waals surface area contributed by atoms with Crippen LogP contribution in [0.4, 0.5) is 0 Å². The third-order valence-electron chi connectivity index (χ3n) is 5.29. The van der Waals surface area contributed by atoms with Crippen molar-refractivity contribution in [2.24, 2.45) is 0 Å². The summed E-state index contributed by atoms with van der Waals surface area (Å²) in [5.74, 6) is -0.160. The Bertz CT molecular complexity index is 1140. The Kier molecular flexibility index (Phi) is 5.93. The molecular weight excluding hydrogens is 394 g/mol. The largest absolute Gasteiger partial charge is 0.289 e. The summed E-state index contributed by atoms with van der Waals surface area (Å²) in [6.45, 7) is 1.13. The predicted molar refractivity (Wildman–Crippen MR) is 120 cm³/mol. The lowest BCUT2D eigenvalue weighted by atomic mass is 10.0. The number of ketones is 1. The fraction of sp³-hybridized carbons (Fsp3) is 0.160. The van der Waals surface area contributed by atoms with Gasteiger partial charge in [0.1, 0.15) is 0 Å². The van der Waals surface area contributed by atoms with E-state index in [1.807, 2.05) is 42.5 Å². The molecule has 1 fully saturated rings. The first kappa shape index (κ1) is 20.3. The fourth-order valence-electron chi connectivity index (χ4n) is 3.55. The summed E-state index contributed by atoms with van der Waals surface area (Å²) in [4.78, 5) is 12.7. The molecule has 0 unspecified atom stereocenters. The highest BCUT2D eigenvalue weighted by Gasteiger charge is 2.27. The Hall–Kier alpha value is -3.02. The van der Waals surface area contributed by atoms with E-state index in [0.29, 0.717) is 18.7 Å². The van der Waals surface area contributed by atoms with Crippen LogP contribution in [-0.2, 0) is 10.0 Å². The average molecular weight is 418 g/mol. The van der Waals surface area contributed by atoms with E-state index in [4.69, 9.17) is 0 Å². The van der Waals surface area contributed by atoms with Gasteiger partial charge in [-0.05, 0) is 59.9 Å². The minimum Gasteiger partial charge on any atom is -0.289 e. The number of carbonyl (C=O) groups excluding carboxylic acids is 1. The Labute approximate surface area is 177 Å². The molecule has 1 aliphatic rings. The molecule has 0 N–H and O–H groups in total. The molecule has 0 atom stereocenters. The first-order valence-electron chi connectivity index (χ1n) is 10.0. The van der Waals surface area contributed by atoms with Crippen LogP contribution in [0.1, 0.15) is 28.8 Å². The van der Waals surface area contributed by atoms with Gasteiger partial charge in [-0.2, -0.15) is 4.31 Å². The topological polar surface area (TPSA) is 54.5 Å². The molecule has 0 spiro atoms. The quantitative estimate of drug-likeness (QED) is 0.417. The van der Waals surface area contributed by atoms with Crippen molar-refractivity contribution in [3.05, 3.63) is 96.1 Å². The van der Waals surface area contributed by atoms with Gasteiger partial charge < -0.3 is 0 Å². The number of carbonyl (C=O) groups is 1. The van der Waals surface area contributed by atoms with E-state index in [1.54, 1.807) is 18.2 Å². The second-order valence-electron chi connectivity index (χ2n) is 7.32. The maximum Gasteiger partial charge on any atom is 0.243 e. The molecule has 0 aromatic heterocycles. The molecule has 0 bridgehead atoms. The number of benzene rings is 3. The highest BCUT2D eigenvalue weighted by atomic mass is 32.2. The Balaban J connectivity index is 1.44. The van der Waals surface area contributed by atoms with Gasteiger partial charge in [-0.15, -0.1) is 0 Å². The molecular formula is C25H23NO3S. The Morgan fingerprint density at radius 1 is 0.767 bits per heavy atom. The van der Waals surface area contributed by atoms with Crippen LogP contribution in [0.3, 0.4) is 0 Å². The van der Waals surface area contributed by atoms with E-state index in [9.17, 15) is 13.2 Å². The van der Waals surface area contributed by atoms with Crippen molar-refractivity contribution >= 4 is 21.9 Å². The Morgan fingerprint density at radius 3 is 2.00 bits per heavy atom. The third kappa shape index (κ3) is 4.42. The van der Waals surface area contributed by atoms with E-state index >= 15 is 0 Å². The number of hydrogen-bond acceptors (Lipinski definition) is 3. The fourth-order valence-corrected chi connectivity index (χ4v) is 5.07. The molecule has 4 nitrogen and oxygen atoms in total. The van der Waals surface area contributed by atoms with Gasteiger partial charge in [-0.1, -0.05) is 60.7 Å². The number of rotatable bonds is 6. The van der Waals surface area contributed by atoms with E-state index in [2.05, 4.69) is 12.1 Å². The normalized spacial score (nSPS) is 14.9. The molecule has 1 aliphatic heterocycles. The molecule has 1 saturated heterocycles. The van der Waals surface area contributed by atoms with Crippen molar-refractivity contribution in [3.63, 3.8) is 0 Å². The summed E-state index contributed by atoms with van der Waals surface area (Å²) in [5.41, 5.74) is 3.66. The zero-order chi connectivity index (χ0) is 21.0. The molecule has 1 heterocycles. The summed E-state index contributed by atoms with van der Waals surface area (Å²) in [7, 11) is -3.46. The summed E-state index contributed by atoms with van der Waals surface area (Å²) in [6, 6.07) is 24.3. The van der Waals surface area contributed by atoms with Crippen LogP contribution in [0.25, 0.3) is 17.2 Å². The van der Waals surface area contributed by atoms with Gasteiger partial charge in [0.2, 0.25) is 10.0 Å². The van der Waals surface area contributed by atoms with E-state index in [0.717, 1.165) is 29.5 Å². The first-order chi connectivity index (χ1) is 14.5. The molecule has 3 aromatic rings. The summed E-state index contributed by atoms with van der Waals surface area (Å²) in [5, 5.41) is 0. The van der Waals surface area contributed by atoms with Gasteiger partial charge in [-0.3, -0.25) is 4.79 Å². The van der Waals surface area contributed by atoms with E-state index in [-0.39, 0.29) is 10.7 Å². The van der Waals surface area contributed by atoms with Gasteiger partial charge in [0.05, 0.1) is 4.90 Å².